The molecule has 0 unspecified atom stereocenters. The molecule has 0 saturated carbocycles. The van der Waals surface area contributed by atoms with Crippen LogP contribution >= 0.6 is 46.6 Å². The molecule has 2 aromatic carbocycles. The number of rotatable bonds is 10. The molecule has 0 aliphatic rings. The Morgan fingerprint density at radius 3 is 2.40 bits per heavy atom. The van der Waals surface area contributed by atoms with Gasteiger partial charge < -0.3 is 10.2 Å². The van der Waals surface area contributed by atoms with Crippen LogP contribution in [0, 0.1) is 0 Å². The van der Waals surface area contributed by atoms with Crippen molar-refractivity contribution in [1.82, 2.24) is 10.2 Å². The summed E-state index contributed by atoms with van der Waals surface area (Å²) >= 11 is 20.1. The van der Waals surface area contributed by atoms with Crippen LogP contribution in [-0.4, -0.2) is 35.1 Å². The molecule has 0 aromatic heterocycles. The van der Waals surface area contributed by atoms with Crippen LogP contribution in [0.25, 0.3) is 0 Å². The van der Waals surface area contributed by atoms with E-state index in [0.717, 1.165) is 12.0 Å². The van der Waals surface area contributed by atoms with E-state index in [0.29, 0.717) is 32.9 Å². The molecule has 0 heterocycles. The number of nitrogens with one attached hydrogen (secondary N) is 1. The average molecular weight is 488 g/mol. The molecule has 2 rings (SSSR count). The molecule has 0 spiro atoms. The first-order chi connectivity index (χ1) is 14.3. The minimum atomic E-state index is -0.650. The van der Waals surface area contributed by atoms with Crippen LogP contribution in [0.5, 0.6) is 0 Å². The van der Waals surface area contributed by atoms with E-state index < -0.39 is 6.04 Å². The number of benzene rings is 2. The summed E-state index contributed by atoms with van der Waals surface area (Å²) in [5.74, 6) is 0.508. The first kappa shape index (κ1) is 24.9. The smallest absolute Gasteiger partial charge is 0.242 e. The van der Waals surface area contributed by atoms with Crippen LogP contribution in [0.1, 0.15) is 31.4 Å². The van der Waals surface area contributed by atoms with E-state index in [2.05, 4.69) is 5.32 Å². The number of thioether (sulfide) groups is 1. The highest BCUT2D eigenvalue weighted by Crippen LogP contribution is 2.27. The molecular formula is C22H25Cl3N2O2S. The van der Waals surface area contributed by atoms with Gasteiger partial charge in [-0.05, 0) is 43.2 Å². The van der Waals surface area contributed by atoms with Gasteiger partial charge in [0, 0.05) is 39.5 Å². The number of carbonyl (C=O) groups excluding carboxylic acids is 2. The molecule has 2 aromatic rings. The molecule has 1 N–H and O–H groups in total. The maximum absolute atomic E-state index is 13.1. The van der Waals surface area contributed by atoms with Gasteiger partial charge >= 0.3 is 0 Å². The summed E-state index contributed by atoms with van der Waals surface area (Å²) in [5.41, 5.74) is 1.67. The standard InChI is InChI=1S/C22H25Cl3N2O2S/c1-3-10-26-22(29)15(2)27(12-18-19(24)8-5-9-20(18)25)21(28)14-30-13-16-6-4-7-17(23)11-16/h4-9,11,15H,3,10,12-14H2,1-2H3,(H,26,29)/t15-/m0/s1. The maximum Gasteiger partial charge on any atom is 0.242 e. The fourth-order valence-corrected chi connectivity index (χ4v) is 4.39. The van der Waals surface area contributed by atoms with Crippen molar-refractivity contribution in [3.05, 3.63) is 68.7 Å². The lowest BCUT2D eigenvalue weighted by atomic mass is 10.1. The quantitative estimate of drug-likeness (QED) is 0.459. The number of carbonyl (C=O) groups is 2. The molecule has 162 valence electrons. The van der Waals surface area contributed by atoms with Crippen LogP contribution < -0.4 is 5.32 Å². The predicted molar refractivity (Wildman–Crippen MR) is 127 cm³/mol. The van der Waals surface area contributed by atoms with Gasteiger partial charge in [0.25, 0.3) is 0 Å². The minimum absolute atomic E-state index is 0.155. The van der Waals surface area contributed by atoms with E-state index in [1.165, 1.54) is 16.7 Å². The molecule has 0 saturated heterocycles. The molecule has 30 heavy (non-hydrogen) atoms. The van der Waals surface area contributed by atoms with Crippen molar-refractivity contribution in [2.45, 2.75) is 38.6 Å². The van der Waals surface area contributed by atoms with Gasteiger partial charge in [-0.3, -0.25) is 9.59 Å². The normalized spacial score (nSPS) is 11.8. The molecule has 0 radical (unpaired) electrons. The maximum atomic E-state index is 13.1. The van der Waals surface area contributed by atoms with E-state index in [9.17, 15) is 9.59 Å². The molecule has 2 amide bonds. The summed E-state index contributed by atoms with van der Waals surface area (Å²) < 4.78 is 0. The minimum Gasteiger partial charge on any atom is -0.354 e. The lowest BCUT2D eigenvalue weighted by molar-refractivity contribution is -0.138. The highest BCUT2D eigenvalue weighted by atomic mass is 35.5. The highest BCUT2D eigenvalue weighted by molar-refractivity contribution is 7.99. The Bertz CT molecular complexity index is 859. The lowest BCUT2D eigenvalue weighted by Crippen LogP contribution is -2.48. The summed E-state index contributed by atoms with van der Waals surface area (Å²) in [5, 5.41) is 4.44. The Balaban J connectivity index is 2.12. The van der Waals surface area contributed by atoms with Gasteiger partial charge in [-0.15, -0.1) is 11.8 Å². The van der Waals surface area contributed by atoms with Crippen molar-refractivity contribution < 1.29 is 9.59 Å². The topological polar surface area (TPSA) is 49.4 Å². The van der Waals surface area contributed by atoms with Crippen LogP contribution in [0.2, 0.25) is 15.1 Å². The van der Waals surface area contributed by atoms with Crippen LogP contribution in [0.15, 0.2) is 42.5 Å². The highest BCUT2D eigenvalue weighted by Gasteiger charge is 2.27. The molecule has 4 nitrogen and oxygen atoms in total. The van der Waals surface area contributed by atoms with Crippen LogP contribution in [0.4, 0.5) is 0 Å². The second-order valence-electron chi connectivity index (χ2n) is 6.81. The van der Waals surface area contributed by atoms with E-state index >= 15 is 0 Å². The van der Waals surface area contributed by atoms with Gasteiger partial charge in [0.2, 0.25) is 11.8 Å². The second kappa shape index (κ2) is 12.5. The Hall–Kier alpha value is -1.40. The molecule has 8 heteroatoms. The van der Waals surface area contributed by atoms with Crippen LogP contribution in [0.3, 0.4) is 0 Å². The first-order valence-electron chi connectivity index (χ1n) is 9.65. The molecular weight excluding hydrogens is 463 g/mol. The van der Waals surface area contributed by atoms with Gasteiger partial charge in [0.1, 0.15) is 6.04 Å². The van der Waals surface area contributed by atoms with Gasteiger partial charge in [-0.2, -0.15) is 0 Å². The van der Waals surface area contributed by atoms with Crippen molar-refractivity contribution in [2.75, 3.05) is 12.3 Å². The summed E-state index contributed by atoms with van der Waals surface area (Å²) in [6.45, 7) is 4.41. The number of amides is 2. The van der Waals surface area contributed by atoms with Crippen molar-refractivity contribution in [3.63, 3.8) is 0 Å². The van der Waals surface area contributed by atoms with E-state index in [1.54, 1.807) is 25.1 Å². The average Bonchev–Trinajstić information content (AvgIpc) is 2.71. The van der Waals surface area contributed by atoms with E-state index in [1.807, 2.05) is 31.2 Å². The monoisotopic (exact) mass is 486 g/mol. The third-order valence-electron chi connectivity index (χ3n) is 4.49. The predicted octanol–water partition coefficient (Wildman–Crippen LogP) is 5.82. The van der Waals surface area contributed by atoms with Crippen molar-refractivity contribution in [2.24, 2.45) is 0 Å². The molecule has 0 fully saturated rings. The Morgan fingerprint density at radius 2 is 1.77 bits per heavy atom. The Labute approximate surface area is 197 Å². The third-order valence-corrected chi connectivity index (χ3v) is 6.42. The summed E-state index contributed by atoms with van der Waals surface area (Å²) in [6, 6.07) is 12.1. The zero-order chi connectivity index (χ0) is 22.1. The van der Waals surface area contributed by atoms with E-state index in [4.69, 9.17) is 34.8 Å². The fourth-order valence-electron chi connectivity index (χ4n) is 2.80. The summed E-state index contributed by atoms with van der Waals surface area (Å²) in [7, 11) is 0. The van der Waals surface area contributed by atoms with Gasteiger partial charge in [0.15, 0.2) is 0 Å². The summed E-state index contributed by atoms with van der Waals surface area (Å²) in [4.78, 5) is 27.1. The summed E-state index contributed by atoms with van der Waals surface area (Å²) in [6.07, 6.45) is 0.818. The largest absolute Gasteiger partial charge is 0.354 e. The number of halogens is 3. The molecule has 0 bridgehead atoms. The number of hydrogen-bond acceptors (Lipinski definition) is 3. The Morgan fingerprint density at radius 1 is 1.10 bits per heavy atom. The number of nitrogens with zero attached hydrogens (tertiary/aromatic N) is 1. The van der Waals surface area contributed by atoms with Crippen molar-refractivity contribution in [3.8, 4) is 0 Å². The molecule has 1 atom stereocenters. The Kier molecular flexibility index (Phi) is 10.3. The lowest BCUT2D eigenvalue weighted by Gasteiger charge is -2.29. The van der Waals surface area contributed by atoms with Gasteiger partial charge in [-0.25, -0.2) is 0 Å². The number of hydrogen-bond donors (Lipinski definition) is 1. The second-order valence-corrected chi connectivity index (χ2v) is 9.05. The molecule has 0 aliphatic carbocycles. The van der Waals surface area contributed by atoms with Crippen molar-refractivity contribution in [1.29, 1.82) is 0 Å². The fraction of sp³-hybridized carbons (Fsp3) is 0.364. The first-order valence-corrected chi connectivity index (χ1v) is 11.9. The molecule has 0 aliphatic heterocycles. The van der Waals surface area contributed by atoms with Crippen LogP contribution in [-0.2, 0) is 21.9 Å². The SMILES string of the molecule is CCCNC(=O)[C@H](C)N(Cc1c(Cl)cccc1Cl)C(=O)CSCc1cccc(Cl)c1. The zero-order valence-electron chi connectivity index (χ0n) is 17.0. The third kappa shape index (κ3) is 7.38. The van der Waals surface area contributed by atoms with Gasteiger partial charge in [0.05, 0.1) is 5.75 Å². The van der Waals surface area contributed by atoms with Crippen molar-refractivity contribution >= 4 is 58.4 Å². The van der Waals surface area contributed by atoms with Gasteiger partial charge in [-0.1, -0.05) is 59.9 Å². The zero-order valence-corrected chi connectivity index (χ0v) is 20.0. The van der Waals surface area contributed by atoms with E-state index in [-0.39, 0.29) is 24.1 Å².